The molecule has 3 nitrogen and oxygen atoms in total. The molecule has 0 radical (unpaired) electrons. The van der Waals surface area contributed by atoms with Crippen LogP contribution in [0.2, 0.25) is 5.02 Å². The van der Waals surface area contributed by atoms with Crippen molar-refractivity contribution in [2.45, 2.75) is 6.42 Å². The van der Waals surface area contributed by atoms with Crippen LogP contribution in [-0.2, 0) is 6.42 Å². The maximum absolute atomic E-state index is 13.5. The van der Waals surface area contributed by atoms with Crippen molar-refractivity contribution in [3.8, 4) is 0 Å². The van der Waals surface area contributed by atoms with Crippen LogP contribution in [0.25, 0.3) is 0 Å². The third-order valence-corrected chi connectivity index (χ3v) is 3.03. The summed E-state index contributed by atoms with van der Waals surface area (Å²) in [6.07, 6.45) is 0.552. The molecule has 0 bridgehead atoms. The molecule has 0 aliphatic carbocycles. The van der Waals surface area contributed by atoms with Crippen molar-refractivity contribution in [2.75, 3.05) is 11.9 Å². The smallest absolute Gasteiger partial charge is 0.319 e. The maximum atomic E-state index is 13.5. The van der Waals surface area contributed by atoms with Crippen molar-refractivity contribution in [1.82, 2.24) is 5.32 Å². The fraction of sp³-hybridized carbons (Fsp3) is 0.133. The molecule has 0 heterocycles. The highest BCUT2D eigenvalue weighted by Crippen LogP contribution is 2.18. The zero-order valence-electron chi connectivity index (χ0n) is 11.0. The zero-order chi connectivity index (χ0) is 15.2. The summed E-state index contributed by atoms with van der Waals surface area (Å²) in [6.45, 7) is 0.354. The number of anilines is 1. The number of carbonyl (C=O) groups excluding carboxylic acids is 1. The van der Waals surface area contributed by atoms with Crippen molar-refractivity contribution < 1.29 is 13.6 Å². The minimum Gasteiger partial charge on any atom is -0.338 e. The summed E-state index contributed by atoms with van der Waals surface area (Å²) < 4.78 is 26.2. The molecule has 0 saturated heterocycles. The molecule has 2 aromatic rings. The van der Waals surface area contributed by atoms with Crippen LogP contribution >= 0.6 is 11.6 Å². The number of carbonyl (C=O) groups is 1. The fourth-order valence-electron chi connectivity index (χ4n) is 1.73. The largest absolute Gasteiger partial charge is 0.338 e. The first-order valence-electron chi connectivity index (χ1n) is 6.29. The topological polar surface area (TPSA) is 41.1 Å². The monoisotopic (exact) mass is 310 g/mol. The van der Waals surface area contributed by atoms with Crippen LogP contribution in [0, 0.1) is 11.6 Å². The van der Waals surface area contributed by atoms with E-state index in [0.717, 1.165) is 11.6 Å². The van der Waals surface area contributed by atoms with Gasteiger partial charge in [-0.2, -0.15) is 0 Å². The Morgan fingerprint density at radius 3 is 2.48 bits per heavy atom. The molecule has 2 rings (SSSR count). The highest BCUT2D eigenvalue weighted by Gasteiger charge is 2.06. The Labute approximate surface area is 125 Å². The second kappa shape index (κ2) is 7.04. The van der Waals surface area contributed by atoms with Crippen LogP contribution in [0.1, 0.15) is 5.56 Å². The first kappa shape index (κ1) is 15.3. The standard InChI is InChI=1S/C15H13ClF2N2O/c16-11-3-6-14(13(18)9-11)20-15(21)19-8-7-10-1-4-12(17)5-2-10/h1-6,9H,7-8H2,(H2,19,20,21). The lowest BCUT2D eigenvalue weighted by molar-refractivity contribution is 0.252. The number of hydrogen-bond acceptors (Lipinski definition) is 1. The number of nitrogens with one attached hydrogen (secondary N) is 2. The lowest BCUT2D eigenvalue weighted by atomic mass is 10.1. The SMILES string of the molecule is O=C(NCCc1ccc(F)cc1)Nc1ccc(Cl)cc1F. The van der Waals surface area contributed by atoms with E-state index in [4.69, 9.17) is 11.6 Å². The Balaban J connectivity index is 1.81. The van der Waals surface area contributed by atoms with Crippen molar-refractivity contribution in [2.24, 2.45) is 0 Å². The molecule has 0 atom stereocenters. The van der Waals surface area contributed by atoms with E-state index in [2.05, 4.69) is 10.6 Å². The Kier molecular flexibility index (Phi) is 5.11. The molecule has 2 amide bonds. The Hall–Kier alpha value is -2.14. The van der Waals surface area contributed by atoms with Gasteiger partial charge in [0.15, 0.2) is 0 Å². The number of hydrogen-bond donors (Lipinski definition) is 2. The normalized spacial score (nSPS) is 10.2. The van der Waals surface area contributed by atoms with Gasteiger partial charge >= 0.3 is 6.03 Å². The van der Waals surface area contributed by atoms with Crippen LogP contribution in [0.4, 0.5) is 19.3 Å². The predicted molar refractivity (Wildman–Crippen MR) is 78.5 cm³/mol. The van der Waals surface area contributed by atoms with Gasteiger partial charge in [0.1, 0.15) is 11.6 Å². The van der Waals surface area contributed by atoms with E-state index in [0.29, 0.717) is 13.0 Å². The van der Waals surface area contributed by atoms with Crippen molar-refractivity contribution in [1.29, 1.82) is 0 Å². The van der Waals surface area contributed by atoms with Gasteiger partial charge in [-0.05, 0) is 42.3 Å². The Morgan fingerprint density at radius 2 is 1.81 bits per heavy atom. The fourth-order valence-corrected chi connectivity index (χ4v) is 1.89. The van der Waals surface area contributed by atoms with E-state index in [9.17, 15) is 13.6 Å². The highest BCUT2D eigenvalue weighted by atomic mass is 35.5. The molecule has 6 heteroatoms. The van der Waals surface area contributed by atoms with Crippen LogP contribution in [0.5, 0.6) is 0 Å². The van der Waals surface area contributed by atoms with Gasteiger partial charge in [0, 0.05) is 11.6 Å². The molecular weight excluding hydrogens is 298 g/mol. The van der Waals surface area contributed by atoms with E-state index in [1.165, 1.54) is 24.3 Å². The second-order valence-electron chi connectivity index (χ2n) is 4.38. The summed E-state index contributed by atoms with van der Waals surface area (Å²) in [6, 6.07) is 9.49. The summed E-state index contributed by atoms with van der Waals surface area (Å²) in [7, 11) is 0. The Morgan fingerprint density at radius 1 is 1.10 bits per heavy atom. The summed E-state index contributed by atoms with van der Waals surface area (Å²) in [5.74, 6) is -0.904. The van der Waals surface area contributed by atoms with Gasteiger partial charge in [0.25, 0.3) is 0 Å². The van der Waals surface area contributed by atoms with Gasteiger partial charge in [-0.3, -0.25) is 0 Å². The molecule has 0 fully saturated rings. The number of benzene rings is 2. The summed E-state index contributed by atoms with van der Waals surface area (Å²) >= 11 is 5.62. The van der Waals surface area contributed by atoms with Crippen LogP contribution in [0.15, 0.2) is 42.5 Å². The van der Waals surface area contributed by atoms with Crippen LogP contribution in [0.3, 0.4) is 0 Å². The molecule has 0 spiro atoms. The number of rotatable bonds is 4. The van der Waals surface area contributed by atoms with Gasteiger partial charge in [0.05, 0.1) is 5.69 Å². The molecule has 0 saturated carbocycles. The van der Waals surface area contributed by atoms with Gasteiger partial charge in [-0.15, -0.1) is 0 Å². The summed E-state index contributed by atoms with van der Waals surface area (Å²) in [5, 5.41) is 5.24. The van der Waals surface area contributed by atoms with Gasteiger partial charge < -0.3 is 10.6 Å². The number of amides is 2. The number of halogens is 3. The minimum atomic E-state index is -0.601. The summed E-state index contributed by atoms with van der Waals surface area (Å²) in [5.41, 5.74) is 0.952. The molecule has 0 aliphatic rings. The third kappa shape index (κ3) is 4.72. The van der Waals surface area contributed by atoms with Crippen molar-refractivity contribution >= 4 is 23.3 Å². The average Bonchev–Trinajstić information content (AvgIpc) is 2.44. The quantitative estimate of drug-likeness (QED) is 0.881. The van der Waals surface area contributed by atoms with Gasteiger partial charge in [-0.1, -0.05) is 23.7 Å². The molecule has 0 aromatic heterocycles. The molecule has 0 unspecified atom stereocenters. The average molecular weight is 311 g/mol. The van der Waals surface area contributed by atoms with E-state index in [-0.39, 0.29) is 16.5 Å². The maximum Gasteiger partial charge on any atom is 0.319 e. The zero-order valence-corrected chi connectivity index (χ0v) is 11.8. The molecule has 2 N–H and O–H groups in total. The first-order chi connectivity index (χ1) is 10.0. The molecule has 110 valence electrons. The highest BCUT2D eigenvalue weighted by molar-refractivity contribution is 6.30. The van der Waals surface area contributed by atoms with E-state index < -0.39 is 11.8 Å². The van der Waals surface area contributed by atoms with Gasteiger partial charge in [0.2, 0.25) is 0 Å². The van der Waals surface area contributed by atoms with E-state index in [1.54, 1.807) is 12.1 Å². The van der Waals surface area contributed by atoms with E-state index >= 15 is 0 Å². The summed E-state index contributed by atoms with van der Waals surface area (Å²) in [4.78, 5) is 11.6. The molecule has 2 aromatic carbocycles. The lowest BCUT2D eigenvalue weighted by Gasteiger charge is -2.08. The first-order valence-corrected chi connectivity index (χ1v) is 6.67. The molecular formula is C15H13ClF2N2O. The van der Waals surface area contributed by atoms with Gasteiger partial charge in [-0.25, -0.2) is 13.6 Å². The minimum absolute atomic E-state index is 0.0543. The predicted octanol–water partition coefficient (Wildman–Crippen LogP) is 3.98. The Bertz CT molecular complexity index is 632. The molecule has 0 aliphatic heterocycles. The van der Waals surface area contributed by atoms with Crippen LogP contribution < -0.4 is 10.6 Å². The second-order valence-corrected chi connectivity index (χ2v) is 4.82. The third-order valence-electron chi connectivity index (χ3n) is 2.79. The van der Waals surface area contributed by atoms with Crippen molar-refractivity contribution in [3.05, 3.63) is 64.7 Å². The van der Waals surface area contributed by atoms with Crippen LogP contribution in [-0.4, -0.2) is 12.6 Å². The van der Waals surface area contributed by atoms with Crippen molar-refractivity contribution in [3.63, 3.8) is 0 Å². The van der Waals surface area contributed by atoms with E-state index in [1.807, 2.05) is 0 Å². The molecule has 21 heavy (non-hydrogen) atoms. The number of urea groups is 1. The lowest BCUT2D eigenvalue weighted by Crippen LogP contribution is -2.30.